The number of nitrogens with zero attached hydrogens (tertiary/aromatic N) is 4. The standard InChI is InChI=1S/C26H27F5N6O3S/c1-15-19(12-32)21(26(29,30)31)35-22(37-9-4-7-25(27,28)8-10-37)20(15)24(39)34-17-5-3-6-18(11-17)41(2,40)36-23(38)16-13-33-14-16/h3,5-6,11,16,33H,4,7-10,13-14H2,1-2H3,(H,34,39)/t41-/m1/s1. The van der Waals surface area contributed by atoms with E-state index in [2.05, 4.69) is 20.0 Å². The van der Waals surface area contributed by atoms with Gasteiger partial charge < -0.3 is 15.5 Å². The van der Waals surface area contributed by atoms with Crippen LogP contribution < -0.4 is 15.5 Å². The molecule has 2 aromatic rings. The molecule has 2 saturated heterocycles. The Hall–Kier alpha value is -3.64. The maximum atomic E-state index is 14.0. The van der Waals surface area contributed by atoms with E-state index in [1.807, 2.05) is 0 Å². The number of alkyl halides is 5. The second-order valence-electron chi connectivity index (χ2n) is 10.0. The molecule has 2 aliphatic rings. The van der Waals surface area contributed by atoms with Gasteiger partial charge in [0.2, 0.25) is 5.92 Å². The summed E-state index contributed by atoms with van der Waals surface area (Å²) in [4.78, 5) is 30.8. The van der Waals surface area contributed by atoms with Crippen molar-refractivity contribution in [2.75, 3.05) is 42.7 Å². The highest BCUT2D eigenvalue weighted by Crippen LogP contribution is 2.38. The van der Waals surface area contributed by atoms with Gasteiger partial charge >= 0.3 is 6.18 Å². The van der Waals surface area contributed by atoms with Gasteiger partial charge in [0.15, 0.2) is 5.69 Å². The Morgan fingerprint density at radius 1 is 1.24 bits per heavy atom. The molecule has 4 rings (SSSR count). The van der Waals surface area contributed by atoms with Crippen LogP contribution in [0, 0.1) is 24.2 Å². The first-order valence-electron chi connectivity index (χ1n) is 12.7. The topological polar surface area (TPSA) is 128 Å². The number of halogens is 5. The van der Waals surface area contributed by atoms with Crippen LogP contribution in [0.25, 0.3) is 0 Å². The minimum Gasteiger partial charge on any atom is -0.356 e. The summed E-state index contributed by atoms with van der Waals surface area (Å²) in [5.41, 5.74) is -2.98. The summed E-state index contributed by atoms with van der Waals surface area (Å²) in [6.07, 6.45) is -4.94. The Bertz CT molecular complexity index is 1540. The predicted molar refractivity (Wildman–Crippen MR) is 140 cm³/mol. The summed E-state index contributed by atoms with van der Waals surface area (Å²) in [6.45, 7) is 1.58. The minimum absolute atomic E-state index is 0.0534. The number of pyridine rings is 1. The molecular formula is C26H27F5N6O3S. The maximum absolute atomic E-state index is 14.0. The highest BCUT2D eigenvalue weighted by molar-refractivity contribution is 7.93. The number of rotatable bonds is 5. The lowest BCUT2D eigenvalue weighted by Crippen LogP contribution is -2.46. The number of benzene rings is 1. The van der Waals surface area contributed by atoms with Gasteiger partial charge in [-0.05, 0) is 37.1 Å². The summed E-state index contributed by atoms with van der Waals surface area (Å²) in [7, 11) is -3.20. The van der Waals surface area contributed by atoms with Gasteiger partial charge in [0.1, 0.15) is 11.9 Å². The summed E-state index contributed by atoms with van der Waals surface area (Å²) < 4.78 is 86.7. The van der Waals surface area contributed by atoms with Gasteiger partial charge in [0.25, 0.3) is 11.8 Å². The molecule has 0 saturated carbocycles. The fraction of sp³-hybridized carbons (Fsp3) is 0.462. The number of amides is 2. The van der Waals surface area contributed by atoms with Crippen LogP contribution in [0.15, 0.2) is 33.5 Å². The lowest BCUT2D eigenvalue weighted by molar-refractivity contribution is -0.141. The molecule has 2 aliphatic heterocycles. The normalized spacial score (nSPS) is 18.8. The number of hydrogen-bond acceptors (Lipinski definition) is 7. The summed E-state index contributed by atoms with van der Waals surface area (Å²) in [6, 6.07) is 7.12. The van der Waals surface area contributed by atoms with E-state index in [0.717, 1.165) is 6.92 Å². The molecule has 220 valence electrons. The molecule has 2 amide bonds. The summed E-state index contributed by atoms with van der Waals surface area (Å²) in [5.74, 6) is -5.33. The number of anilines is 2. The number of aromatic nitrogens is 1. The maximum Gasteiger partial charge on any atom is 0.434 e. The van der Waals surface area contributed by atoms with Crippen molar-refractivity contribution >= 4 is 33.0 Å². The van der Waals surface area contributed by atoms with Crippen molar-refractivity contribution < 1.29 is 35.8 Å². The zero-order valence-corrected chi connectivity index (χ0v) is 23.0. The number of nitriles is 1. The average molecular weight is 599 g/mol. The van der Waals surface area contributed by atoms with E-state index in [1.165, 1.54) is 41.5 Å². The average Bonchev–Trinajstić information content (AvgIpc) is 3.01. The van der Waals surface area contributed by atoms with Crippen LogP contribution in [0.3, 0.4) is 0 Å². The van der Waals surface area contributed by atoms with Crippen LogP contribution in [-0.4, -0.2) is 59.4 Å². The molecule has 1 aromatic carbocycles. The second kappa shape index (κ2) is 11.3. The number of hydrogen-bond donors (Lipinski definition) is 2. The van der Waals surface area contributed by atoms with Gasteiger partial charge in [-0.15, -0.1) is 0 Å². The molecule has 9 nitrogen and oxygen atoms in total. The highest BCUT2D eigenvalue weighted by atomic mass is 32.2. The Kier molecular flexibility index (Phi) is 8.38. The molecule has 15 heteroatoms. The smallest absolute Gasteiger partial charge is 0.356 e. The first-order valence-corrected chi connectivity index (χ1v) is 14.6. The molecule has 0 spiro atoms. The Balaban J connectivity index is 1.74. The van der Waals surface area contributed by atoms with Crippen molar-refractivity contribution in [1.29, 1.82) is 5.26 Å². The molecule has 0 bridgehead atoms. The van der Waals surface area contributed by atoms with E-state index < -0.39 is 63.6 Å². The Labute approximate surface area is 233 Å². The molecule has 41 heavy (non-hydrogen) atoms. The summed E-state index contributed by atoms with van der Waals surface area (Å²) in [5, 5.41) is 15.0. The van der Waals surface area contributed by atoms with Gasteiger partial charge in [-0.1, -0.05) is 6.07 Å². The second-order valence-corrected chi connectivity index (χ2v) is 12.3. The van der Waals surface area contributed by atoms with Gasteiger partial charge in [-0.2, -0.15) is 22.8 Å². The number of carbonyl (C=O) groups is 2. The van der Waals surface area contributed by atoms with E-state index in [-0.39, 0.29) is 47.1 Å². The van der Waals surface area contributed by atoms with Crippen molar-refractivity contribution in [2.24, 2.45) is 10.3 Å². The van der Waals surface area contributed by atoms with E-state index in [4.69, 9.17) is 0 Å². The first kappa shape index (κ1) is 30.3. The van der Waals surface area contributed by atoms with Gasteiger partial charge in [0.05, 0.1) is 26.8 Å². The minimum atomic E-state index is -5.04. The molecule has 0 aliphatic carbocycles. The van der Waals surface area contributed by atoms with Crippen molar-refractivity contribution in [2.45, 2.75) is 43.2 Å². The fourth-order valence-electron chi connectivity index (χ4n) is 4.57. The van der Waals surface area contributed by atoms with Crippen molar-refractivity contribution in [3.8, 4) is 6.07 Å². The van der Waals surface area contributed by atoms with E-state index in [1.54, 1.807) is 0 Å². The molecule has 2 N–H and O–H groups in total. The monoisotopic (exact) mass is 598 g/mol. The van der Waals surface area contributed by atoms with Crippen LogP contribution in [0.5, 0.6) is 0 Å². The van der Waals surface area contributed by atoms with Gasteiger partial charge in [-0.25, -0.2) is 18.0 Å². The van der Waals surface area contributed by atoms with Gasteiger partial charge in [0, 0.05) is 55.9 Å². The van der Waals surface area contributed by atoms with Crippen LogP contribution in [0.2, 0.25) is 0 Å². The van der Waals surface area contributed by atoms with Crippen molar-refractivity contribution in [3.63, 3.8) is 0 Å². The molecule has 1 aromatic heterocycles. The number of nitrogens with one attached hydrogen (secondary N) is 2. The quantitative estimate of drug-likeness (QED) is 0.490. The first-order chi connectivity index (χ1) is 19.1. The SMILES string of the molecule is Cc1c(C#N)c(C(F)(F)F)nc(N2CCCC(F)(F)CC2)c1C(=O)Nc1cccc([S@@](C)(=O)=NC(=O)C2CNC2)c1. The van der Waals surface area contributed by atoms with Crippen LogP contribution >= 0.6 is 0 Å². The van der Waals surface area contributed by atoms with Gasteiger partial charge in [-0.3, -0.25) is 9.59 Å². The van der Waals surface area contributed by atoms with E-state index in [9.17, 15) is 41.0 Å². The summed E-state index contributed by atoms with van der Waals surface area (Å²) >= 11 is 0. The molecule has 1 atom stereocenters. The van der Waals surface area contributed by atoms with Crippen molar-refractivity contribution in [3.05, 3.63) is 46.6 Å². The third-order valence-corrected chi connectivity index (χ3v) is 8.63. The molecule has 2 fully saturated rings. The molecular weight excluding hydrogens is 571 g/mol. The van der Waals surface area contributed by atoms with E-state index >= 15 is 0 Å². The highest BCUT2D eigenvalue weighted by Gasteiger charge is 2.40. The number of carbonyl (C=O) groups excluding carboxylic acids is 2. The van der Waals surface area contributed by atoms with E-state index in [0.29, 0.717) is 13.1 Å². The Morgan fingerprint density at radius 2 is 1.95 bits per heavy atom. The zero-order valence-electron chi connectivity index (χ0n) is 22.1. The lowest BCUT2D eigenvalue weighted by atomic mass is 10.00. The van der Waals surface area contributed by atoms with Crippen LogP contribution in [-0.2, 0) is 20.7 Å². The zero-order chi connectivity index (χ0) is 30.2. The third kappa shape index (κ3) is 6.65. The Morgan fingerprint density at radius 3 is 2.56 bits per heavy atom. The molecule has 0 radical (unpaired) electrons. The van der Waals surface area contributed by atoms with Crippen LogP contribution in [0.4, 0.5) is 33.5 Å². The lowest BCUT2D eigenvalue weighted by Gasteiger charge is -2.27. The predicted octanol–water partition coefficient (Wildman–Crippen LogP) is 4.36. The fourth-order valence-corrected chi connectivity index (χ4v) is 5.85. The molecule has 0 unspecified atom stereocenters. The van der Waals surface area contributed by atoms with Crippen LogP contribution in [0.1, 0.15) is 46.4 Å². The molecule has 3 heterocycles. The largest absolute Gasteiger partial charge is 0.434 e. The third-order valence-electron chi connectivity index (χ3n) is 6.98. The van der Waals surface area contributed by atoms with Crippen molar-refractivity contribution in [1.82, 2.24) is 10.3 Å².